The Balaban J connectivity index is 2.16. The predicted molar refractivity (Wildman–Crippen MR) is 90.6 cm³/mol. The van der Waals surface area contributed by atoms with Gasteiger partial charge in [0.05, 0.1) is 11.6 Å². The van der Waals surface area contributed by atoms with E-state index >= 15 is 0 Å². The Bertz CT molecular complexity index is 636. The average molecular weight is 312 g/mol. The lowest BCUT2D eigenvalue weighted by Crippen LogP contribution is -2.45. The monoisotopic (exact) mass is 312 g/mol. The normalized spacial score (nSPS) is 20.7. The maximum Gasteiger partial charge on any atom is 0.410 e. The second-order valence-electron chi connectivity index (χ2n) is 6.93. The van der Waals surface area contributed by atoms with Crippen molar-refractivity contribution in [3.8, 4) is 6.07 Å². The van der Waals surface area contributed by atoms with Gasteiger partial charge in [-0.15, -0.1) is 0 Å². The lowest BCUT2D eigenvalue weighted by Gasteiger charge is -2.36. The van der Waals surface area contributed by atoms with Crippen LogP contribution in [0.4, 0.5) is 4.79 Å². The Morgan fingerprint density at radius 1 is 1.30 bits per heavy atom. The molecule has 1 amide bonds. The largest absolute Gasteiger partial charge is 0.444 e. The maximum atomic E-state index is 12.3. The zero-order valence-corrected chi connectivity index (χ0v) is 14.3. The van der Waals surface area contributed by atoms with Crippen LogP contribution < -0.4 is 0 Å². The fourth-order valence-corrected chi connectivity index (χ4v) is 2.82. The molecule has 0 radical (unpaired) electrons. The molecule has 1 aliphatic heterocycles. The van der Waals surface area contributed by atoms with Gasteiger partial charge in [0.25, 0.3) is 0 Å². The van der Waals surface area contributed by atoms with E-state index < -0.39 is 5.60 Å². The number of nitrogens with zero attached hydrogens (tertiary/aromatic N) is 2. The number of rotatable bonds is 1. The molecule has 4 nitrogen and oxygen atoms in total. The van der Waals surface area contributed by atoms with E-state index in [9.17, 15) is 10.1 Å². The van der Waals surface area contributed by atoms with Crippen molar-refractivity contribution in [2.45, 2.75) is 52.2 Å². The molecule has 1 fully saturated rings. The third-order valence-electron chi connectivity index (χ3n) is 3.88. The lowest BCUT2D eigenvalue weighted by molar-refractivity contribution is 0.0152. The zero-order chi connectivity index (χ0) is 17.0. The van der Waals surface area contributed by atoms with Crippen molar-refractivity contribution in [2.75, 3.05) is 6.54 Å². The van der Waals surface area contributed by atoms with Crippen molar-refractivity contribution in [1.29, 1.82) is 5.26 Å². The summed E-state index contributed by atoms with van der Waals surface area (Å²) in [7, 11) is 0. The Morgan fingerprint density at radius 3 is 2.48 bits per heavy atom. The molecule has 1 aromatic carbocycles. The van der Waals surface area contributed by atoms with Gasteiger partial charge < -0.3 is 9.64 Å². The van der Waals surface area contributed by atoms with Crippen molar-refractivity contribution in [3.63, 3.8) is 0 Å². The molecule has 1 heterocycles. The van der Waals surface area contributed by atoms with Gasteiger partial charge in [0, 0.05) is 12.6 Å². The molecular formula is C19H24N2O2. The number of ether oxygens (including phenoxy) is 1. The number of allylic oxidation sites excluding steroid dienone is 1. The Morgan fingerprint density at radius 2 is 1.96 bits per heavy atom. The van der Waals surface area contributed by atoms with Gasteiger partial charge in [-0.05, 0) is 51.7 Å². The number of carbonyl (C=O) groups excluding carboxylic acids is 1. The molecule has 1 unspecified atom stereocenters. The van der Waals surface area contributed by atoms with E-state index in [0.717, 1.165) is 16.7 Å². The summed E-state index contributed by atoms with van der Waals surface area (Å²) in [6.07, 6.45) is 1.14. The first-order valence-corrected chi connectivity index (χ1v) is 7.99. The van der Waals surface area contributed by atoms with Gasteiger partial charge in [-0.1, -0.05) is 30.3 Å². The minimum Gasteiger partial charge on any atom is -0.444 e. The number of hydrogen-bond donors (Lipinski definition) is 0. The van der Waals surface area contributed by atoms with E-state index in [2.05, 4.69) is 6.07 Å². The van der Waals surface area contributed by atoms with Crippen molar-refractivity contribution < 1.29 is 9.53 Å². The zero-order valence-electron chi connectivity index (χ0n) is 14.3. The first-order valence-electron chi connectivity index (χ1n) is 7.99. The second kappa shape index (κ2) is 6.87. The fraction of sp³-hybridized carbons (Fsp3) is 0.474. The van der Waals surface area contributed by atoms with Gasteiger partial charge in [-0.25, -0.2) is 4.79 Å². The molecular weight excluding hydrogens is 288 g/mol. The highest BCUT2D eigenvalue weighted by Gasteiger charge is 2.30. The van der Waals surface area contributed by atoms with Crippen molar-refractivity contribution >= 4 is 11.7 Å². The average Bonchev–Trinajstić information content (AvgIpc) is 2.47. The highest BCUT2D eigenvalue weighted by Crippen LogP contribution is 2.30. The molecule has 2 rings (SSSR count). The van der Waals surface area contributed by atoms with Crippen LogP contribution in [0.3, 0.4) is 0 Å². The molecule has 1 saturated heterocycles. The van der Waals surface area contributed by atoms with Gasteiger partial charge in [-0.3, -0.25) is 0 Å². The molecule has 1 atom stereocenters. The van der Waals surface area contributed by atoms with E-state index in [1.807, 2.05) is 58.0 Å². The van der Waals surface area contributed by atoms with Crippen LogP contribution in [0, 0.1) is 11.3 Å². The summed E-state index contributed by atoms with van der Waals surface area (Å²) in [5.41, 5.74) is 2.31. The first kappa shape index (κ1) is 17.1. The highest BCUT2D eigenvalue weighted by molar-refractivity contribution is 5.80. The standard InChI is InChI=1S/C19H24N2O2/c1-14-12-16(17(13-20)15-8-6-5-7-9-15)10-11-21(14)18(22)23-19(2,3)4/h5-9,14H,10-12H2,1-4H3. The van der Waals surface area contributed by atoms with Crippen LogP contribution in [0.15, 0.2) is 35.9 Å². The molecule has 122 valence electrons. The highest BCUT2D eigenvalue weighted by atomic mass is 16.6. The maximum absolute atomic E-state index is 12.3. The molecule has 4 heteroatoms. The van der Waals surface area contributed by atoms with Gasteiger partial charge in [0.15, 0.2) is 0 Å². The SMILES string of the molecule is CC1CC(=C(C#N)c2ccccc2)CCN1C(=O)OC(C)(C)C. The quantitative estimate of drug-likeness (QED) is 0.723. The van der Waals surface area contributed by atoms with E-state index in [1.165, 1.54) is 0 Å². The van der Waals surface area contributed by atoms with Crippen LogP contribution in [0.25, 0.3) is 5.57 Å². The summed E-state index contributed by atoms with van der Waals surface area (Å²) in [5, 5.41) is 9.53. The minimum atomic E-state index is -0.491. The van der Waals surface area contributed by atoms with Crippen LogP contribution in [-0.2, 0) is 4.74 Å². The number of likely N-dealkylation sites (tertiary alicyclic amines) is 1. The third kappa shape index (κ3) is 4.35. The summed E-state index contributed by atoms with van der Waals surface area (Å²) in [5.74, 6) is 0. The number of piperidine rings is 1. The lowest BCUT2D eigenvalue weighted by atomic mass is 9.90. The summed E-state index contributed by atoms with van der Waals surface area (Å²) in [4.78, 5) is 14.0. The third-order valence-corrected chi connectivity index (χ3v) is 3.88. The number of nitriles is 1. The van der Waals surface area contributed by atoms with Crippen molar-refractivity contribution in [1.82, 2.24) is 4.90 Å². The summed E-state index contributed by atoms with van der Waals surface area (Å²) >= 11 is 0. The topological polar surface area (TPSA) is 53.3 Å². The molecule has 0 N–H and O–H groups in total. The summed E-state index contributed by atoms with van der Waals surface area (Å²) < 4.78 is 5.46. The van der Waals surface area contributed by atoms with Crippen LogP contribution in [-0.4, -0.2) is 29.2 Å². The molecule has 0 spiro atoms. The second-order valence-corrected chi connectivity index (χ2v) is 6.93. The number of carbonyl (C=O) groups is 1. The number of hydrogen-bond acceptors (Lipinski definition) is 3. The Kier molecular flexibility index (Phi) is 5.10. The molecule has 0 aliphatic carbocycles. The van der Waals surface area contributed by atoms with E-state index in [-0.39, 0.29) is 12.1 Å². The number of amides is 1. The molecule has 1 aromatic rings. The van der Waals surface area contributed by atoms with Crippen LogP contribution in [0.2, 0.25) is 0 Å². The molecule has 23 heavy (non-hydrogen) atoms. The molecule has 1 aliphatic rings. The smallest absolute Gasteiger partial charge is 0.410 e. The van der Waals surface area contributed by atoms with E-state index in [4.69, 9.17) is 4.74 Å². The van der Waals surface area contributed by atoms with Crippen LogP contribution in [0.1, 0.15) is 46.1 Å². The van der Waals surface area contributed by atoms with Crippen molar-refractivity contribution in [2.24, 2.45) is 0 Å². The molecule has 0 saturated carbocycles. The predicted octanol–water partition coefficient (Wildman–Crippen LogP) is 4.38. The Hall–Kier alpha value is -2.28. The molecule has 0 bridgehead atoms. The van der Waals surface area contributed by atoms with E-state index in [0.29, 0.717) is 19.4 Å². The van der Waals surface area contributed by atoms with Gasteiger partial charge in [0.2, 0.25) is 0 Å². The van der Waals surface area contributed by atoms with E-state index in [1.54, 1.807) is 4.90 Å². The summed E-state index contributed by atoms with van der Waals surface area (Å²) in [6, 6.07) is 12.1. The van der Waals surface area contributed by atoms with Gasteiger partial charge in [-0.2, -0.15) is 5.26 Å². The Labute approximate surface area is 138 Å². The van der Waals surface area contributed by atoms with Crippen LogP contribution >= 0.6 is 0 Å². The molecule has 0 aromatic heterocycles. The summed E-state index contributed by atoms with van der Waals surface area (Å²) in [6.45, 7) is 8.20. The number of benzene rings is 1. The minimum absolute atomic E-state index is 0.0284. The van der Waals surface area contributed by atoms with Crippen LogP contribution in [0.5, 0.6) is 0 Å². The first-order chi connectivity index (χ1) is 10.8. The van der Waals surface area contributed by atoms with Crippen molar-refractivity contribution in [3.05, 3.63) is 41.5 Å². The fourth-order valence-electron chi connectivity index (χ4n) is 2.82. The van der Waals surface area contributed by atoms with Gasteiger partial charge >= 0.3 is 6.09 Å². The van der Waals surface area contributed by atoms with Gasteiger partial charge in [0.1, 0.15) is 5.60 Å².